The van der Waals surface area contributed by atoms with E-state index in [1.807, 2.05) is 30.3 Å². The van der Waals surface area contributed by atoms with Crippen LogP contribution in [0.1, 0.15) is 10.9 Å². The normalized spacial score (nSPS) is 11.4. The molecule has 0 spiro atoms. The van der Waals surface area contributed by atoms with E-state index >= 15 is 0 Å². The fraction of sp³-hybridized carbons (Fsp3) is 0.111. The van der Waals surface area contributed by atoms with Crippen LogP contribution in [0.15, 0.2) is 43.0 Å². The molecule has 0 heterocycles. The molecule has 0 saturated carbocycles. The summed E-state index contributed by atoms with van der Waals surface area (Å²) in [7, 11) is 0. The van der Waals surface area contributed by atoms with Gasteiger partial charge in [0.1, 0.15) is 0 Å². The van der Waals surface area contributed by atoms with Crippen molar-refractivity contribution < 1.29 is 20.4 Å². The first-order valence-corrected chi connectivity index (χ1v) is 3.60. The van der Waals surface area contributed by atoms with Gasteiger partial charge in [-0.3, -0.25) is 0 Å². The molecule has 0 nitrogen and oxygen atoms in total. The van der Waals surface area contributed by atoms with E-state index in [2.05, 4.69) is 6.58 Å². The van der Waals surface area contributed by atoms with Crippen molar-refractivity contribution >= 4 is 11.6 Å². The minimum Gasteiger partial charge on any atom is -0.113 e. The Bertz CT molecular complexity index is 208. The standard InChI is InChI=1S/C9H9Cl.Pd/c1-2-9(10)8-6-4-3-5-7-8;/h2-7,9H,1H2;. The SMILES string of the molecule is C=CC(Cl)c1ccccc1.[Pd]. The molecule has 11 heavy (non-hydrogen) atoms. The maximum Gasteiger partial charge on any atom is 0.0763 e. The average Bonchev–Trinajstić information content (AvgIpc) is 2.05. The van der Waals surface area contributed by atoms with Gasteiger partial charge in [-0.25, -0.2) is 0 Å². The van der Waals surface area contributed by atoms with E-state index in [9.17, 15) is 0 Å². The molecule has 0 saturated heterocycles. The predicted octanol–water partition coefficient (Wildman–Crippen LogP) is 3.15. The molecule has 0 aliphatic rings. The summed E-state index contributed by atoms with van der Waals surface area (Å²) in [5.74, 6) is 0. The van der Waals surface area contributed by atoms with Crippen molar-refractivity contribution in [2.24, 2.45) is 0 Å². The largest absolute Gasteiger partial charge is 0.113 e. The molecule has 1 unspecified atom stereocenters. The summed E-state index contributed by atoms with van der Waals surface area (Å²) in [4.78, 5) is 0. The third-order valence-electron chi connectivity index (χ3n) is 1.32. The fourth-order valence-electron chi connectivity index (χ4n) is 0.773. The van der Waals surface area contributed by atoms with Gasteiger partial charge in [0.25, 0.3) is 0 Å². The smallest absolute Gasteiger partial charge is 0.0763 e. The molecule has 0 aliphatic carbocycles. The van der Waals surface area contributed by atoms with Gasteiger partial charge in [0.05, 0.1) is 5.38 Å². The van der Waals surface area contributed by atoms with Crippen LogP contribution in [0, 0.1) is 0 Å². The summed E-state index contributed by atoms with van der Waals surface area (Å²) < 4.78 is 0. The number of hydrogen-bond donors (Lipinski definition) is 0. The molecule has 0 radical (unpaired) electrons. The van der Waals surface area contributed by atoms with Crippen molar-refractivity contribution in [1.29, 1.82) is 0 Å². The maximum absolute atomic E-state index is 5.87. The molecule has 2 heteroatoms. The van der Waals surface area contributed by atoms with Gasteiger partial charge < -0.3 is 0 Å². The number of alkyl halides is 1. The molecule has 1 aromatic carbocycles. The minimum absolute atomic E-state index is 0. The van der Waals surface area contributed by atoms with E-state index < -0.39 is 0 Å². The van der Waals surface area contributed by atoms with Gasteiger partial charge in [0.15, 0.2) is 0 Å². The van der Waals surface area contributed by atoms with Gasteiger partial charge in [-0.2, -0.15) is 0 Å². The number of hydrogen-bond acceptors (Lipinski definition) is 0. The second kappa shape index (κ2) is 5.55. The Morgan fingerprint density at radius 3 is 2.27 bits per heavy atom. The zero-order valence-corrected chi connectivity index (χ0v) is 8.25. The van der Waals surface area contributed by atoms with E-state index in [0.717, 1.165) is 5.56 Å². The Balaban J connectivity index is 0.000001000. The van der Waals surface area contributed by atoms with Gasteiger partial charge in [-0.15, -0.1) is 18.2 Å². The molecule has 0 bridgehead atoms. The number of allylic oxidation sites excluding steroid dienone is 1. The van der Waals surface area contributed by atoms with Gasteiger partial charge >= 0.3 is 0 Å². The number of rotatable bonds is 2. The number of benzene rings is 1. The fourth-order valence-corrected chi connectivity index (χ4v) is 0.918. The van der Waals surface area contributed by atoms with E-state index in [-0.39, 0.29) is 25.8 Å². The van der Waals surface area contributed by atoms with Crippen LogP contribution < -0.4 is 0 Å². The molecular formula is C9H9ClPd. The monoisotopic (exact) mass is 258 g/mol. The third-order valence-corrected chi connectivity index (χ3v) is 1.76. The Labute approximate surface area is 85.9 Å². The first kappa shape index (κ1) is 10.9. The van der Waals surface area contributed by atoms with Crippen LogP contribution in [0.5, 0.6) is 0 Å². The van der Waals surface area contributed by atoms with Gasteiger partial charge in [-0.1, -0.05) is 36.4 Å². The van der Waals surface area contributed by atoms with Crippen LogP contribution in [0.25, 0.3) is 0 Å². The first-order chi connectivity index (χ1) is 4.84. The first-order valence-electron chi connectivity index (χ1n) is 3.16. The van der Waals surface area contributed by atoms with Crippen molar-refractivity contribution in [2.75, 3.05) is 0 Å². The van der Waals surface area contributed by atoms with Crippen LogP contribution in [-0.2, 0) is 20.4 Å². The molecule has 0 N–H and O–H groups in total. The summed E-state index contributed by atoms with van der Waals surface area (Å²) in [6, 6.07) is 9.87. The van der Waals surface area contributed by atoms with E-state index in [4.69, 9.17) is 11.6 Å². The predicted molar refractivity (Wildman–Crippen MR) is 45.2 cm³/mol. The maximum atomic E-state index is 5.87. The summed E-state index contributed by atoms with van der Waals surface area (Å²) in [5.41, 5.74) is 1.10. The molecule has 0 aliphatic heterocycles. The Morgan fingerprint density at radius 2 is 1.82 bits per heavy atom. The summed E-state index contributed by atoms with van der Waals surface area (Å²) in [6.45, 7) is 3.61. The molecule has 0 amide bonds. The number of halogens is 1. The Morgan fingerprint density at radius 1 is 1.27 bits per heavy atom. The summed E-state index contributed by atoms with van der Waals surface area (Å²) in [6.07, 6.45) is 1.72. The van der Waals surface area contributed by atoms with Crippen LogP contribution in [0.2, 0.25) is 0 Å². The topological polar surface area (TPSA) is 0 Å². The van der Waals surface area contributed by atoms with Gasteiger partial charge in [0, 0.05) is 20.4 Å². The molecule has 1 atom stereocenters. The zero-order chi connectivity index (χ0) is 7.40. The van der Waals surface area contributed by atoms with Crippen molar-refractivity contribution in [2.45, 2.75) is 5.38 Å². The summed E-state index contributed by atoms with van der Waals surface area (Å²) >= 11 is 5.87. The molecular weight excluding hydrogens is 250 g/mol. The third kappa shape index (κ3) is 3.21. The van der Waals surface area contributed by atoms with Crippen molar-refractivity contribution in [1.82, 2.24) is 0 Å². The molecule has 1 aromatic rings. The van der Waals surface area contributed by atoms with Crippen LogP contribution in [0.4, 0.5) is 0 Å². The van der Waals surface area contributed by atoms with Crippen molar-refractivity contribution in [3.05, 3.63) is 48.6 Å². The molecule has 62 valence electrons. The van der Waals surface area contributed by atoms with E-state index in [1.165, 1.54) is 0 Å². The van der Waals surface area contributed by atoms with E-state index in [1.54, 1.807) is 6.08 Å². The second-order valence-electron chi connectivity index (χ2n) is 2.05. The zero-order valence-electron chi connectivity index (χ0n) is 5.94. The van der Waals surface area contributed by atoms with Crippen molar-refractivity contribution in [3.8, 4) is 0 Å². The van der Waals surface area contributed by atoms with Crippen molar-refractivity contribution in [3.63, 3.8) is 0 Å². The molecule has 0 fully saturated rings. The van der Waals surface area contributed by atoms with Crippen LogP contribution in [-0.4, -0.2) is 0 Å². The quantitative estimate of drug-likeness (QED) is 0.435. The summed E-state index contributed by atoms with van der Waals surface area (Å²) in [5, 5.41) is -0.0544. The molecule has 1 rings (SSSR count). The van der Waals surface area contributed by atoms with Gasteiger partial charge in [0.2, 0.25) is 0 Å². The second-order valence-corrected chi connectivity index (χ2v) is 2.52. The molecule has 0 aromatic heterocycles. The minimum atomic E-state index is -0.0544. The van der Waals surface area contributed by atoms with E-state index in [0.29, 0.717) is 0 Å². The Hall–Kier alpha value is -0.0877. The van der Waals surface area contributed by atoms with Crippen LogP contribution >= 0.6 is 11.6 Å². The Kier molecular flexibility index (Phi) is 5.50. The van der Waals surface area contributed by atoms with Gasteiger partial charge in [-0.05, 0) is 5.56 Å². The average molecular weight is 259 g/mol. The van der Waals surface area contributed by atoms with Crippen LogP contribution in [0.3, 0.4) is 0 Å².